The second-order valence-electron chi connectivity index (χ2n) is 5.18. The van der Waals surface area contributed by atoms with E-state index in [0.29, 0.717) is 34.7 Å². The van der Waals surface area contributed by atoms with Crippen LogP contribution in [0.3, 0.4) is 0 Å². The Bertz CT molecular complexity index is 764. The van der Waals surface area contributed by atoms with Crippen LogP contribution in [0, 0.1) is 0 Å². The molecule has 0 aliphatic rings. The smallest absolute Gasteiger partial charge is 0.434 e. The minimum absolute atomic E-state index is 0.156. The average Bonchev–Trinajstić information content (AvgIpc) is 3.08. The molecule has 5 nitrogen and oxygen atoms in total. The SMILES string of the molecule is CN=C(NCCc1ccc(OC)cc1Cl)NCc1nc(C(F)(F)F)cs1. The van der Waals surface area contributed by atoms with Gasteiger partial charge in [0.2, 0.25) is 0 Å². The topological polar surface area (TPSA) is 58.5 Å². The summed E-state index contributed by atoms with van der Waals surface area (Å²) in [5, 5.41) is 7.96. The second-order valence-corrected chi connectivity index (χ2v) is 6.53. The summed E-state index contributed by atoms with van der Waals surface area (Å²) >= 11 is 7.13. The van der Waals surface area contributed by atoms with Gasteiger partial charge in [-0.2, -0.15) is 13.2 Å². The Hall–Kier alpha value is -2.00. The summed E-state index contributed by atoms with van der Waals surface area (Å²) in [6, 6.07) is 5.45. The number of aromatic nitrogens is 1. The van der Waals surface area contributed by atoms with Crippen LogP contribution in [0.4, 0.5) is 13.2 Å². The van der Waals surface area contributed by atoms with E-state index in [1.165, 1.54) is 0 Å². The van der Waals surface area contributed by atoms with E-state index in [-0.39, 0.29) is 6.54 Å². The Balaban J connectivity index is 1.82. The molecule has 2 rings (SSSR count). The fraction of sp³-hybridized carbons (Fsp3) is 0.375. The number of nitrogens with zero attached hydrogens (tertiary/aromatic N) is 2. The molecule has 26 heavy (non-hydrogen) atoms. The molecule has 0 aliphatic carbocycles. The molecule has 1 aromatic carbocycles. The lowest BCUT2D eigenvalue weighted by atomic mass is 10.1. The summed E-state index contributed by atoms with van der Waals surface area (Å²) in [5.41, 5.74) is 0.0709. The number of halogens is 4. The van der Waals surface area contributed by atoms with Crippen molar-refractivity contribution in [3.05, 3.63) is 44.9 Å². The van der Waals surface area contributed by atoms with Crippen LogP contribution in [-0.4, -0.2) is 31.6 Å². The fourth-order valence-corrected chi connectivity index (χ4v) is 3.08. The standard InChI is InChI=1S/C16H18ClF3N4OS/c1-21-15(23-8-14-24-13(9-26-14)16(18,19)20)22-6-5-10-3-4-11(25-2)7-12(10)17/h3-4,7,9H,5-6,8H2,1-2H3,(H2,21,22,23). The van der Waals surface area contributed by atoms with Gasteiger partial charge in [0.05, 0.1) is 13.7 Å². The highest BCUT2D eigenvalue weighted by atomic mass is 35.5. The van der Waals surface area contributed by atoms with Gasteiger partial charge in [0.1, 0.15) is 10.8 Å². The molecule has 0 spiro atoms. The van der Waals surface area contributed by atoms with Crippen LogP contribution in [0.15, 0.2) is 28.6 Å². The summed E-state index contributed by atoms with van der Waals surface area (Å²) in [5.74, 6) is 1.16. The third-order valence-corrected chi connectivity index (χ3v) is 4.62. The Morgan fingerprint density at radius 3 is 2.69 bits per heavy atom. The van der Waals surface area contributed by atoms with Crippen molar-refractivity contribution >= 4 is 28.9 Å². The lowest BCUT2D eigenvalue weighted by Gasteiger charge is -2.12. The van der Waals surface area contributed by atoms with E-state index < -0.39 is 11.9 Å². The molecule has 0 saturated heterocycles. The van der Waals surface area contributed by atoms with E-state index in [1.54, 1.807) is 20.2 Å². The molecule has 10 heteroatoms. The van der Waals surface area contributed by atoms with Crippen LogP contribution in [0.1, 0.15) is 16.3 Å². The van der Waals surface area contributed by atoms with Gasteiger partial charge in [0.15, 0.2) is 11.7 Å². The number of nitrogens with one attached hydrogen (secondary N) is 2. The maximum Gasteiger partial charge on any atom is 0.434 e. The largest absolute Gasteiger partial charge is 0.497 e. The van der Waals surface area contributed by atoms with E-state index in [2.05, 4.69) is 20.6 Å². The lowest BCUT2D eigenvalue weighted by molar-refractivity contribution is -0.140. The Morgan fingerprint density at radius 1 is 1.35 bits per heavy atom. The van der Waals surface area contributed by atoms with Gasteiger partial charge in [-0.05, 0) is 24.1 Å². The van der Waals surface area contributed by atoms with Crippen LogP contribution in [0.25, 0.3) is 0 Å². The lowest BCUT2D eigenvalue weighted by Crippen LogP contribution is -2.37. The van der Waals surface area contributed by atoms with Gasteiger partial charge in [-0.25, -0.2) is 4.98 Å². The first kappa shape index (κ1) is 20.3. The van der Waals surface area contributed by atoms with Gasteiger partial charge in [-0.1, -0.05) is 17.7 Å². The molecule has 0 unspecified atom stereocenters. The molecular weight excluding hydrogens is 389 g/mol. The predicted molar refractivity (Wildman–Crippen MR) is 97.0 cm³/mol. The third-order valence-electron chi connectivity index (χ3n) is 3.42. The molecule has 1 aromatic heterocycles. The minimum atomic E-state index is -4.42. The first-order valence-electron chi connectivity index (χ1n) is 7.62. The molecule has 0 atom stereocenters. The number of alkyl halides is 3. The summed E-state index contributed by atoms with van der Waals surface area (Å²) < 4.78 is 42.7. The highest BCUT2D eigenvalue weighted by molar-refractivity contribution is 7.09. The molecule has 0 saturated carbocycles. The Labute approximate surface area is 158 Å². The molecule has 0 radical (unpaired) electrons. The predicted octanol–water partition coefficient (Wildman–Crippen LogP) is 3.73. The van der Waals surface area contributed by atoms with Gasteiger partial charge in [-0.15, -0.1) is 11.3 Å². The van der Waals surface area contributed by atoms with Crippen molar-refractivity contribution in [3.63, 3.8) is 0 Å². The first-order valence-corrected chi connectivity index (χ1v) is 8.87. The summed E-state index contributed by atoms with van der Waals surface area (Å²) in [7, 11) is 3.15. The third kappa shape index (κ3) is 5.77. The van der Waals surface area contributed by atoms with E-state index in [9.17, 15) is 13.2 Å². The summed E-state index contributed by atoms with van der Waals surface area (Å²) in [6.45, 7) is 0.709. The number of rotatable bonds is 6. The maximum absolute atomic E-state index is 12.5. The maximum atomic E-state index is 12.5. The van der Waals surface area contributed by atoms with Crippen molar-refractivity contribution in [1.29, 1.82) is 0 Å². The van der Waals surface area contributed by atoms with E-state index in [4.69, 9.17) is 16.3 Å². The molecule has 1 heterocycles. The molecule has 142 valence electrons. The zero-order chi connectivity index (χ0) is 19.2. The van der Waals surface area contributed by atoms with Gasteiger partial charge >= 0.3 is 6.18 Å². The Morgan fingerprint density at radius 2 is 2.12 bits per heavy atom. The normalized spacial score (nSPS) is 12.2. The summed E-state index contributed by atoms with van der Waals surface area (Å²) in [6.07, 6.45) is -3.77. The number of aliphatic imine (C=N–C) groups is 1. The van der Waals surface area contributed by atoms with Crippen molar-refractivity contribution in [2.45, 2.75) is 19.1 Å². The number of guanidine groups is 1. The second kappa shape index (κ2) is 9.09. The molecule has 2 N–H and O–H groups in total. The van der Waals surface area contributed by atoms with Gasteiger partial charge in [-0.3, -0.25) is 4.99 Å². The monoisotopic (exact) mass is 406 g/mol. The van der Waals surface area contributed by atoms with E-state index in [1.807, 2.05) is 12.1 Å². The van der Waals surface area contributed by atoms with Crippen LogP contribution < -0.4 is 15.4 Å². The highest BCUT2D eigenvalue weighted by Gasteiger charge is 2.33. The number of thiazole rings is 1. The number of methoxy groups -OCH3 is 1. The van der Waals surface area contributed by atoms with E-state index in [0.717, 1.165) is 22.3 Å². The van der Waals surface area contributed by atoms with Crippen molar-refractivity contribution in [3.8, 4) is 5.75 Å². The van der Waals surface area contributed by atoms with Crippen molar-refractivity contribution in [2.75, 3.05) is 20.7 Å². The Kier molecular flexibility index (Phi) is 7.10. The number of hydrogen-bond donors (Lipinski definition) is 2. The summed E-state index contributed by atoms with van der Waals surface area (Å²) in [4.78, 5) is 7.60. The minimum Gasteiger partial charge on any atom is -0.497 e. The quantitative estimate of drug-likeness (QED) is 0.567. The number of hydrogen-bond acceptors (Lipinski definition) is 4. The molecule has 0 bridgehead atoms. The molecule has 0 aliphatic heterocycles. The number of benzene rings is 1. The number of ether oxygens (including phenoxy) is 1. The zero-order valence-corrected chi connectivity index (χ0v) is 15.7. The highest BCUT2D eigenvalue weighted by Crippen LogP contribution is 2.29. The first-order chi connectivity index (χ1) is 12.3. The zero-order valence-electron chi connectivity index (χ0n) is 14.2. The molecule has 0 fully saturated rings. The fourth-order valence-electron chi connectivity index (χ4n) is 2.08. The molecule has 0 amide bonds. The van der Waals surface area contributed by atoms with Gasteiger partial charge in [0, 0.05) is 24.0 Å². The van der Waals surface area contributed by atoms with Gasteiger partial charge < -0.3 is 15.4 Å². The average molecular weight is 407 g/mol. The molecular formula is C16H18ClF3N4OS. The van der Waals surface area contributed by atoms with Crippen LogP contribution in [0.5, 0.6) is 5.75 Å². The van der Waals surface area contributed by atoms with Gasteiger partial charge in [0.25, 0.3) is 0 Å². The van der Waals surface area contributed by atoms with Crippen molar-refractivity contribution in [2.24, 2.45) is 4.99 Å². The van der Waals surface area contributed by atoms with E-state index >= 15 is 0 Å². The van der Waals surface area contributed by atoms with Crippen molar-refractivity contribution in [1.82, 2.24) is 15.6 Å². The van der Waals surface area contributed by atoms with Crippen LogP contribution in [0.2, 0.25) is 5.02 Å². The van der Waals surface area contributed by atoms with Crippen molar-refractivity contribution < 1.29 is 17.9 Å². The molecule has 2 aromatic rings. The van der Waals surface area contributed by atoms with Crippen LogP contribution in [-0.2, 0) is 19.1 Å². The van der Waals surface area contributed by atoms with Crippen LogP contribution >= 0.6 is 22.9 Å².